The van der Waals surface area contributed by atoms with Gasteiger partial charge in [0.25, 0.3) is 0 Å². The number of rotatable bonds is 3. The zero-order valence-corrected chi connectivity index (χ0v) is 12.5. The highest BCUT2D eigenvalue weighted by molar-refractivity contribution is 7.11. The van der Waals surface area contributed by atoms with E-state index in [9.17, 15) is 9.59 Å². The molecular formula is C13H18N2O3S. The van der Waals surface area contributed by atoms with E-state index in [0.29, 0.717) is 10.7 Å². The lowest BCUT2D eigenvalue weighted by Crippen LogP contribution is -2.18. The van der Waals surface area contributed by atoms with Crippen molar-refractivity contribution in [2.45, 2.75) is 34.6 Å². The van der Waals surface area contributed by atoms with Crippen molar-refractivity contribution >= 4 is 28.4 Å². The molecule has 0 atom stereocenters. The number of carboxylic acids is 1. The highest BCUT2D eigenvalue weighted by atomic mass is 32.1. The lowest BCUT2D eigenvalue weighted by molar-refractivity contribution is -0.118. The topological polar surface area (TPSA) is 79.3 Å². The Morgan fingerprint density at radius 1 is 1.26 bits per heavy atom. The number of aryl methyl sites for hydroxylation is 1. The Labute approximate surface area is 116 Å². The molecule has 0 aliphatic heterocycles. The van der Waals surface area contributed by atoms with Crippen LogP contribution in [0.15, 0.2) is 0 Å². The monoisotopic (exact) mass is 282 g/mol. The predicted molar refractivity (Wildman–Crippen MR) is 73.5 cm³/mol. The van der Waals surface area contributed by atoms with Crippen LogP contribution in [-0.2, 0) is 4.79 Å². The second-order valence-corrected chi connectivity index (χ2v) is 6.92. The van der Waals surface area contributed by atoms with E-state index in [-0.39, 0.29) is 28.2 Å². The number of aromatic nitrogens is 1. The van der Waals surface area contributed by atoms with E-state index < -0.39 is 5.97 Å². The van der Waals surface area contributed by atoms with Crippen molar-refractivity contribution in [3.8, 4) is 0 Å². The SMILES string of the molecule is Cc1nsc(NC(=O)C2C(C)(C)C2(C)C)c1C(=O)O. The molecule has 1 fully saturated rings. The first-order chi connectivity index (χ1) is 8.60. The Morgan fingerprint density at radius 2 is 1.79 bits per heavy atom. The third-order valence-electron chi connectivity index (χ3n) is 4.60. The molecule has 2 rings (SSSR count). The third-order valence-corrected chi connectivity index (χ3v) is 5.45. The number of amides is 1. The summed E-state index contributed by atoms with van der Waals surface area (Å²) in [6.07, 6.45) is 0. The lowest BCUT2D eigenvalue weighted by atomic mass is 10.0. The molecule has 6 heteroatoms. The minimum Gasteiger partial charge on any atom is -0.478 e. The molecule has 0 aromatic carbocycles. The normalized spacial score (nSPS) is 20.1. The average molecular weight is 282 g/mol. The predicted octanol–water partition coefficient (Wildman–Crippen LogP) is 2.77. The van der Waals surface area contributed by atoms with Gasteiger partial charge in [-0.1, -0.05) is 27.7 Å². The number of nitrogens with zero attached hydrogens (tertiary/aromatic N) is 1. The first-order valence-electron chi connectivity index (χ1n) is 6.11. The zero-order valence-electron chi connectivity index (χ0n) is 11.7. The number of carbonyl (C=O) groups excluding carboxylic acids is 1. The number of hydrogen-bond donors (Lipinski definition) is 2. The number of anilines is 1. The van der Waals surface area contributed by atoms with Crippen LogP contribution in [0.1, 0.15) is 43.7 Å². The maximum atomic E-state index is 12.3. The van der Waals surface area contributed by atoms with Gasteiger partial charge in [0.15, 0.2) is 0 Å². The molecule has 2 N–H and O–H groups in total. The minimum atomic E-state index is -1.06. The fourth-order valence-electron chi connectivity index (χ4n) is 2.74. The Kier molecular flexibility index (Phi) is 2.97. The van der Waals surface area contributed by atoms with Crippen molar-refractivity contribution in [2.24, 2.45) is 16.7 Å². The molecule has 104 valence electrons. The van der Waals surface area contributed by atoms with E-state index >= 15 is 0 Å². The Bertz CT molecular complexity index is 546. The van der Waals surface area contributed by atoms with Gasteiger partial charge in [0.05, 0.1) is 5.69 Å². The molecular weight excluding hydrogens is 264 g/mol. The summed E-state index contributed by atoms with van der Waals surface area (Å²) in [4.78, 5) is 23.4. The zero-order chi connectivity index (χ0) is 14.6. The molecule has 0 saturated heterocycles. The molecule has 0 spiro atoms. The number of hydrogen-bond acceptors (Lipinski definition) is 4. The van der Waals surface area contributed by atoms with Gasteiger partial charge in [-0.15, -0.1) is 0 Å². The van der Waals surface area contributed by atoms with Crippen molar-refractivity contribution in [1.29, 1.82) is 0 Å². The number of carboxylic acid groups (broad SMARTS) is 1. The summed E-state index contributed by atoms with van der Waals surface area (Å²) < 4.78 is 3.99. The molecule has 1 aliphatic carbocycles. The van der Waals surface area contributed by atoms with Crippen LogP contribution in [0.3, 0.4) is 0 Å². The van der Waals surface area contributed by atoms with Gasteiger partial charge in [-0.2, -0.15) is 4.37 Å². The number of carbonyl (C=O) groups is 2. The van der Waals surface area contributed by atoms with Crippen LogP contribution >= 0.6 is 11.5 Å². The number of aromatic carboxylic acids is 1. The van der Waals surface area contributed by atoms with Crippen LogP contribution in [0.2, 0.25) is 0 Å². The maximum Gasteiger partial charge on any atom is 0.340 e. The van der Waals surface area contributed by atoms with Gasteiger partial charge >= 0.3 is 5.97 Å². The first-order valence-corrected chi connectivity index (χ1v) is 6.88. The molecule has 1 aromatic heterocycles. The fraction of sp³-hybridized carbons (Fsp3) is 0.615. The summed E-state index contributed by atoms with van der Waals surface area (Å²) >= 11 is 1.02. The smallest absolute Gasteiger partial charge is 0.340 e. The Morgan fingerprint density at radius 3 is 2.21 bits per heavy atom. The van der Waals surface area contributed by atoms with Crippen LogP contribution in [0.25, 0.3) is 0 Å². The summed E-state index contributed by atoms with van der Waals surface area (Å²) in [6.45, 7) is 9.82. The third kappa shape index (κ3) is 1.94. The summed E-state index contributed by atoms with van der Waals surface area (Å²) in [5.41, 5.74) is 0.386. The molecule has 0 bridgehead atoms. The second kappa shape index (κ2) is 4.03. The van der Waals surface area contributed by atoms with Crippen LogP contribution in [0.5, 0.6) is 0 Å². The van der Waals surface area contributed by atoms with Crippen molar-refractivity contribution in [1.82, 2.24) is 4.37 Å². The maximum absolute atomic E-state index is 12.3. The molecule has 1 amide bonds. The largest absolute Gasteiger partial charge is 0.478 e. The quantitative estimate of drug-likeness (QED) is 0.893. The average Bonchev–Trinajstić information content (AvgIpc) is 2.53. The van der Waals surface area contributed by atoms with Crippen LogP contribution in [-0.4, -0.2) is 21.4 Å². The first kappa shape index (κ1) is 14.0. The van der Waals surface area contributed by atoms with Crippen molar-refractivity contribution < 1.29 is 14.7 Å². The van der Waals surface area contributed by atoms with Gasteiger partial charge in [-0.25, -0.2) is 4.79 Å². The molecule has 0 radical (unpaired) electrons. The molecule has 1 aliphatic rings. The van der Waals surface area contributed by atoms with E-state index in [1.165, 1.54) is 0 Å². The Balaban J connectivity index is 2.20. The van der Waals surface area contributed by atoms with Gasteiger partial charge in [-0.05, 0) is 29.3 Å². The molecule has 1 saturated carbocycles. The van der Waals surface area contributed by atoms with Gasteiger partial charge in [0, 0.05) is 5.92 Å². The molecule has 1 aromatic rings. The molecule has 19 heavy (non-hydrogen) atoms. The van der Waals surface area contributed by atoms with Crippen molar-refractivity contribution in [2.75, 3.05) is 5.32 Å². The van der Waals surface area contributed by atoms with Gasteiger partial charge < -0.3 is 10.4 Å². The van der Waals surface area contributed by atoms with Gasteiger partial charge in [0.1, 0.15) is 10.6 Å². The summed E-state index contributed by atoms with van der Waals surface area (Å²) in [6, 6.07) is 0. The Hall–Kier alpha value is -1.43. The lowest BCUT2D eigenvalue weighted by Gasteiger charge is -2.05. The van der Waals surface area contributed by atoms with Crippen LogP contribution < -0.4 is 5.32 Å². The van der Waals surface area contributed by atoms with E-state index in [1.54, 1.807) is 6.92 Å². The highest BCUT2D eigenvalue weighted by Gasteiger charge is 2.68. The minimum absolute atomic E-state index is 0.0692. The van der Waals surface area contributed by atoms with Crippen molar-refractivity contribution in [3.63, 3.8) is 0 Å². The highest BCUT2D eigenvalue weighted by Crippen LogP contribution is 2.68. The molecule has 5 nitrogen and oxygen atoms in total. The second-order valence-electron chi connectivity index (χ2n) is 6.14. The molecule has 0 unspecified atom stereocenters. The standard InChI is InChI=1S/C13H18N2O3S/c1-6-7(11(17)18)10(19-15-6)14-9(16)8-12(2,3)13(8,4)5/h8H,1-5H3,(H,14,16)(H,17,18). The van der Waals surface area contributed by atoms with E-state index in [0.717, 1.165) is 11.5 Å². The summed E-state index contributed by atoms with van der Waals surface area (Å²) in [5, 5.41) is 12.2. The molecule has 1 heterocycles. The number of nitrogens with one attached hydrogen (secondary N) is 1. The van der Waals surface area contributed by atoms with E-state index in [1.807, 2.05) is 27.7 Å². The van der Waals surface area contributed by atoms with Crippen LogP contribution in [0.4, 0.5) is 5.00 Å². The summed E-state index contributed by atoms with van der Waals surface area (Å²) in [7, 11) is 0. The summed E-state index contributed by atoms with van der Waals surface area (Å²) in [5.74, 6) is -1.29. The van der Waals surface area contributed by atoms with E-state index in [2.05, 4.69) is 9.69 Å². The van der Waals surface area contributed by atoms with Gasteiger partial charge in [0.2, 0.25) is 5.91 Å². The van der Waals surface area contributed by atoms with E-state index in [4.69, 9.17) is 5.11 Å². The van der Waals surface area contributed by atoms with Gasteiger partial charge in [-0.3, -0.25) is 4.79 Å². The fourth-order valence-corrected chi connectivity index (χ4v) is 3.53. The van der Waals surface area contributed by atoms with Crippen LogP contribution in [0, 0.1) is 23.7 Å². The van der Waals surface area contributed by atoms with Crippen molar-refractivity contribution in [3.05, 3.63) is 11.3 Å².